The Morgan fingerprint density at radius 1 is 0.565 bits per heavy atom. The Labute approximate surface area is 382 Å². The summed E-state index contributed by atoms with van der Waals surface area (Å²) in [6.07, 6.45) is 30.7. The van der Waals surface area contributed by atoms with Crippen molar-refractivity contribution in [2.45, 2.75) is 191 Å². The minimum Gasteiger partial charge on any atom is -0.478 e. The van der Waals surface area contributed by atoms with E-state index in [0.717, 1.165) is 16.7 Å². The summed E-state index contributed by atoms with van der Waals surface area (Å²) in [4.78, 5) is 21.3. The molecule has 62 heavy (non-hydrogen) atoms. The third kappa shape index (κ3) is 25.7. The van der Waals surface area contributed by atoms with Gasteiger partial charge in [-0.2, -0.15) is 0 Å². The maximum absolute atomic E-state index is 10.7. The highest BCUT2D eigenvalue weighted by Gasteiger charge is 2.27. The molecule has 0 amide bonds. The van der Waals surface area contributed by atoms with Crippen LogP contribution in [0.4, 0.5) is 0 Å². The van der Waals surface area contributed by atoms with Gasteiger partial charge in [-0.25, -0.2) is 9.59 Å². The van der Waals surface area contributed by atoms with Gasteiger partial charge >= 0.3 is 11.9 Å². The Balaban J connectivity index is 0. The summed E-state index contributed by atoms with van der Waals surface area (Å²) in [7, 11) is 0. The van der Waals surface area contributed by atoms with E-state index in [1.165, 1.54) is 101 Å². The first-order chi connectivity index (χ1) is 28.2. The van der Waals surface area contributed by atoms with Crippen molar-refractivity contribution in [3.05, 3.63) is 140 Å². The zero-order chi connectivity index (χ0) is 48.8. The molecule has 0 unspecified atom stereocenters. The highest BCUT2D eigenvalue weighted by atomic mass is 16.4. The minimum absolute atomic E-state index is 0.0263. The molecule has 0 saturated carbocycles. The second-order valence-corrected chi connectivity index (χ2v) is 21.1. The van der Waals surface area contributed by atoms with Gasteiger partial charge in [0.2, 0.25) is 0 Å². The van der Waals surface area contributed by atoms with Crippen LogP contribution in [-0.2, 0) is 9.59 Å². The first kappa shape index (κ1) is 59.9. The van der Waals surface area contributed by atoms with Gasteiger partial charge in [0.05, 0.1) is 0 Å². The zero-order valence-corrected chi connectivity index (χ0v) is 43.9. The van der Waals surface area contributed by atoms with Gasteiger partial charge in [-0.3, -0.25) is 0 Å². The molecule has 0 radical (unpaired) electrons. The largest absolute Gasteiger partial charge is 0.478 e. The first-order valence-electron chi connectivity index (χ1n) is 22.8. The zero-order valence-electron chi connectivity index (χ0n) is 43.9. The van der Waals surface area contributed by atoms with Gasteiger partial charge in [-0.15, -0.1) is 0 Å². The molecule has 0 spiro atoms. The quantitative estimate of drug-likeness (QED) is 0.130. The average molecular weight is 853 g/mol. The van der Waals surface area contributed by atoms with Crippen molar-refractivity contribution in [2.24, 2.45) is 21.7 Å². The minimum atomic E-state index is -0.913. The molecule has 2 aliphatic rings. The number of allylic oxidation sites excluding steroid dienone is 22. The lowest BCUT2D eigenvalue weighted by Crippen LogP contribution is -2.19. The van der Waals surface area contributed by atoms with Gasteiger partial charge in [0.1, 0.15) is 0 Å². The third-order valence-corrected chi connectivity index (χ3v) is 12.1. The smallest absolute Gasteiger partial charge is 0.328 e. The standard InChI is InChI=1S/C23H34O2.C21H30O2.C8H16.C6H12/c1-17(16-21(24)25)10-8-12-19(22(3,4)5)13-14-20-18(2)11-9-15-23(20,6)7;1-15(14-20(22)23)9-10-16(2)17(3)11-12-19-18(4)8-7-13-21(19,5)6;1-6-7(2)8(3,4)5;1-5(2)6(3)4/h8,10,12-14,16H,9,11,15H2,1-7H3,(H,24,25);9-12,14H,7-8,13H2,1-6H3,(H,22,23);6H,1-5H3;1-4H3/b10-8+,14-13+,17-16+,19-12+;10-9+,12-11+,15-14+,17-16-;7-6+;. The van der Waals surface area contributed by atoms with Crippen molar-refractivity contribution in [1.82, 2.24) is 0 Å². The predicted octanol–water partition coefficient (Wildman–Crippen LogP) is 18.0. The number of hydrogen-bond donors (Lipinski definition) is 2. The van der Waals surface area contributed by atoms with E-state index in [0.29, 0.717) is 5.41 Å². The van der Waals surface area contributed by atoms with Gasteiger partial charge in [0.25, 0.3) is 0 Å². The van der Waals surface area contributed by atoms with Crippen LogP contribution in [0.3, 0.4) is 0 Å². The summed E-state index contributed by atoms with van der Waals surface area (Å²) < 4.78 is 0. The van der Waals surface area contributed by atoms with Crippen LogP contribution >= 0.6 is 0 Å². The summed E-state index contributed by atoms with van der Waals surface area (Å²) in [5.41, 5.74) is 16.1. The molecule has 348 valence electrons. The Bertz CT molecular complexity index is 1860. The van der Waals surface area contributed by atoms with E-state index in [1.54, 1.807) is 13.8 Å². The lowest BCUT2D eigenvalue weighted by Gasteiger charge is -2.33. The van der Waals surface area contributed by atoms with E-state index in [4.69, 9.17) is 10.2 Å². The lowest BCUT2D eigenvalue weighted by atomic mass is 9.72. The highest BCUT2D eigenvalue weighted by molar-refractivity contribution is 5.81. The van der Waals surface area contributed by atoms with Crippen molar-refractivity contribution in [3.63, 3.8) is 0 Å². The summed E-state index contributed by atoms with van der Waals surface area (Å²) in [6, 6.07) is 0. The molecule has 0 saturated heterocycles. The van der Waals surface area contributed by atoms with E-state index < -0.39 is 11.9 Å². The predicted molar refractivity (Wildman–Crippen MR) is 275 cm³/mol. The molecule has 2 aliphatic carbocycles. The second kappa shape index (κ2) is 27.8. The normalized spacial score (nSPS) is 18.2. The molecular weight excluding hydrogens is 761 g/mol. The van der Waals surface area contributed by atoms with Crippen LogP contribution < -0.4 is 0 Å². The number of carboxylic acid groups (broad SMARTS) is 2. The van der Waals surface area contributed by atoms with E-state index in [2.05, 4.69) is 175 Å². The van der Waals surface area contributed by atoms with Crippen molar-refractivity contribution < 1.29 is 19.8 Å². The molecule has 2 N–H and O–H groups in total. The van der Waals surface area contributed by atoms with Crippen molar-refractivity contribution >= 4 is 11.9 Å². The molecule has 0 aliphatic heterocycles. The maximum Gasteiger partial charge on any atom is 0.328 e. The fourth-order valence-electron chi connectivity index (χ4n) is 6.70. The number of carbonyl (C=O) groups is 2. The fourth-order valence-corrected chi connectivity index (χ4v) is 6.70. The SMILES string of the molecule is C/C=C(\C)C(C)(C)C.CC(C)=C(C)C.CC1=C(/C=C/C(=C\C=C\C(C)=C\C(=O)O)C(C)(C)C)C(C)(C)CCC1.CC1=C(/C=C/C(C)=C(C)\C=C\C(C)=C\C(=O)O)C(C)(C)CCC1. The summed E-state index contributed by atoms with van der Waals surface area (Å²) in [5.74, 6) is -1.82. The molecule has 0 fully saturated rings. The van der Waals surface area contributed by atoms with Crippen LogP contribution in [0.2, 0.25) is 0 Å². The molecular formula is C58H92O4. The highest BCUT2D eigenvalue weighted by Crippen LogP contribution is 2.42. The number of hydrogen-bond acceptors (Lipinski definition) is 2. The summed E-state index contributed by atoms with van der Waals surface area (Å²) in [5, 5.41) is 17.5. The monoisotopic (exact) mass is 853 g/mol. The molecule has 0 heterocycles. The Hall–Kier alpha value is -4.18. The molecule has 0 aromatic carbocycles. The van der Waals surface area contributed by atoms with Gasteiger partial charge in [0, 0.05) is 12.2 Å². The third-order valence-electron chi connectivity index (χ3n) is 12.1. The van der Waals surface area contributed by atoms with Gasteiger partial charge < -0.3 is 10.2 Å². The Morgan fingerprint density at radius 2 is 0.952 bits per heavy atom. The van der Waals surface area contributed by atoms with Crippen LogP contribution in [0.25, 0.3) is 0 Å². The topological polar surface area (TPSA) is 74.6 Å². The molecule has 2 rings (SSSR count). The number of aliphatic carboxylic acids is 2. The van der Waals surface area contributed by atoms with Crippen LogP contribution in [0.5, 0.6) is 0 Å². The van der Waals surface area contributed by atoms with Gasteiger partial charge in [-0.05, 0) is 182 Å². The van der Waals surface area contributed by atoms with Crippen molar-refractivity contribution in [3.8, 4) is 0 Å². The Kier molecular flexibility index (Phi) is 26.9. The molecule has 4 heteroatoms. The van der Waals surface area contributed by atoms with Crippen LogP contribution in [0, 0.1) is 21.7 Å². The number of rotatable bonds is 10. The van der Waals surface area contributed by atoms with Gasteiger partial charge in [-0.1, -0.05) is 158 Å². The summed E-state index contributed by atoms with van der Waals surface area (Å²) >= 11 is 0. The van der Waals surface area contributed by atoms with E-state index >= 15 is 0 Å². The van der Waals surface area contributed by atoms with Gasteiger partial charge in [0.15, 0.2) is 0 Å². The van der Waals surface area contributed by atoms with E-state index in [1.807, 2.05) is 24.3 Å². The number of carboxylic acids is 2. The fraction of sp³-hybridized carbons (Fsp3) is 0.552. The molecule has 0 aromatic heterocycles. The van der Waals surface area contributed by atoms with Crippen LogP contribution in [-0.4, -0.2) is 22.2 Å². The van der Waals surface area contributed by atoms with E-state index in [-0.39, 0.29) is 16.2 Å². The maximum atomic E-state index is 10.7. The van der Waals surface area contributed by atoms with Crippen LogP contribution in [0.15, 0.2) is 140 Å². The average Bonchev–Trinajstić information content (AvgIpc) is 3.11. The molecule has 0 atom stereocenters. The molecule has 0 bridgehead atoms. The van der Waals surface area contributed by atoms with Crippen LogP contribution in [0.1, 0.15) is 191 Å². The summed E-state index contributed by atoms with van der Waals surface area (Å²) in [6.45, 7) is 47.5. The van der Waals surface area contributed by atoms with E-state index in [9.17, 15) is 9.59 Å². The Morgan fingerprint density at radius 3 is 1.27 bits per heavy atom. The lowest BCUT2D eigenvalue weighted by molar-refractivity contribution is -0.132. The first-order valence-corrected chi connectivity index (χ1v) is 22.8. The molecule has 0 aromatic rings. The van der Waals surface area contributed by atoms with Crippen molar-refractivity contribution in [2.75, 3.05) is 0 Å². The second-order valence-electron chi connectivity index (χ2n) is 21.1. The molecule has 4 nitrogen and oxygen atoms in total. The van der Waals surface area contributed by atoms with Crippen molar-refractivity contribution in [1.29, 1.82) is 0 Å².